The van der Waals surface area contributed by atoms with Gasteiger partial charge >= 0.3 is 0 Å². The van der Waals surface area contributed by atoms with Gasteiger partial charge in [-0.25, -0.2) is 0 Å². The van der Waals surface area contributed by atoms with E-state index in [1.54, 1.807) is 4.68 Å². The van der Waals surface area contributed by atoms with Crippen molar-refractivity contribution in [2.24, 2.45) is 23.8 Å². The second-order valence-corrected chi connectivity index (χ2v) is 7.08. The van der Waals surface area contributed by atoms with Gasteiger partial charge in [-0.05, 0) is 17.3 Å². The van der Waals surface area contributed by atoms with Crippen molar-refractivity contribution in [1.29, 1.82) is 0 Å². The van der Waals surface area contributed by atoms with E-state index in [9.17, 15) is 4.79 Å². The highest BCUT2D eigenvalue weighted by molar-refractivity contribution is 6.32. The summed E-state index contributed by atoms with van der Waals surface area (Å²) in [6.45, 7) is 10.7. The Morgan fingerprint density at radius 3 is 2.21 bits per heavy atom. The molecule has 19 heavy (non-hydrogen) atoms. The summed E-state index contributed by atoms with van der Waals surface area (Å²) < 4.78 is 1.75. The molecule has 1 fully saturated rings. The molecule has 0 N–H and O–H groups in total. The minimum Gasteiger partial charge on any atom is -0.299 e. The van der Waals surface area contributed by atoms with Crippen molar-refractivity contribution in [3.63, 3.8) is 0 Å². The van der Waals surface area contributed by atoms with Crippen LogP contribution in [0, 0.1) is 16.7 Å². The molecule has 0 bridgehead atoms. The molecule has 0 saturated heterocycles. The molecule has 0 spiro atoms. The lowest BCUT2D eigenvalue weighted by Gasteiger charge is -2.04. The minimum atomic E-state index is 0.0861. The summed E-state index contributed by atoms with van der Waals surface area (Å²) in [5.74, 6) is 0.401. The predicted octanol–water partition coefficient (Wildman–Crippen LogP) is 3.43. The number of hydrogen-bond acceptors (Lipinski definition) is 2. The predicted molar refractivity (Wildman–Crippen MR) is 77.4 cm³/mol. The molecular formula is C15H23ClN2O. The fourth-order valence-corrected chi connectivity index (χ4v) is 3.64. The molecular weight excluding hydrogens is 260 g/mol. The first-order chi connectivity index (χ1) is 8.64. The van der Waals surface area contributed by atoms with E-state index >= 15 is 0 Å². The standard InChI is InChI=1S/C15H23ClN2O/c1-7-9-12(16)10(18(6)17-9)8-11(19)13-14(2,3)15(13,4)5/h13H,7-8H2,1-6H3. The summed E-state index contributed by atoms with van der Waals surface area (Å²) in [7, 11) is 1.86. The summed E-state index contributed by atoms with van der Waals surface area (Å²) in [5, 5.41) is 5.03. The Balaban J connectivity index is 2.20. The van der Waals surface area contributed by atoms with Gasteiger partial charge in [-0.3, -0.25) is 9.48 Å². The quantitative estimate of drug-likeness (QED) is 0.848. The van der Waals surface area contributed by atoms with Gasteiger partial charge < -0.3 is 0 Å². The van der Waals surface area contributed by atoms with Gasteiger partial charge in [-0.1, -0.05) is 46.2 Å². The van der Waals surface area contributed by atoms with Crippen molar-refractivity contribution in [3.8, 4) is 0 Å². The molecule has 0 radical (unpaired) electrons. The summed E-state index contributed by atoms with van der Waals surface area (Å²) in [5.41, 5.74) is 1.90. The van der Waals surface area contributed by atoms with Crippen molar-refractivity contribution in [1.82, 2.24) is 9.78 Å². The van der Waals surface area contributed by atoms with E-state index in [0.29, 0.717) is 11.4 Å². The van der Waals surface area contributed by atoms with Crippen molar-refractivity contribution in [2.45, 2.75) is 47.5 Å². The van der Waals surface area contributed by atoms with Gasteiger partial charge in [-0.2, -0.15) is 5.10 Å². The molecule has 1 saturated carbocycles. The van der Waals surface area contributed by atoms with Gasteiger partial charge in [0.15, 0.2) is 0 Å². The molecule has 1 heterocycles. The van der Waals surface area contributed by atoms with Crippen molar-refractivity contribution >= 4 is 17.4 Å². The molecule has 1 aromatic heterocycles. The topological polar surface area (TPSA) is 34.9 Å². The highest BCUT2D eigenvalue weighted by Gasteiger charge is 2.67. The maximum Gasteiger partial charge on any atom is 0.143 e. The van der Waals surface area contributed by atoms with Gasteiger partial charge in [-0.15, -0.1) is 0 Å². The van der Waals surface area contributed by atoms with E-state index in [1.165, 1.54) is 0 Å². The Morgan fingerprint density at radius 1 is 1.32 bits per heavy atom. The Hall–Kier alpha value is -0.830. The van der Waals surface area contributed by atoms with Crippen molar-refractivity contribution in [3.05, 3.63) is 16.4 Å². The van der Waals surface area contributed by atoms with E-state index < -0.39 is 0 Å². The molecule has 0 unspecified atom stereocenters. The first-order valence-electron chi connectivity index (χ1n) is 6.87. The maximum absolute atomic E-state index is 12.5. The van der Waals surface area contributed by atoms with Crippen LogP contribution in [0.1, 0.15) is 46.0 Å². The molecule has 1 aliphatic carbocycles. The third-order valence-electron chi connectivity index (χ3n) is 5.19. The highest BCUT2D eigenvalue weighted by Crippen LogP contribution is 2.68. The lowest BCUT2D eigenvalue weighted by Crippen LogP contribution is -2.13. The SMILES string of the molecule is CCc1nn(C)c(CC(=O)C2C(C)(C)C2(C)C)c1Cl. The van der Waals surface area contributed by atoms with Crippen LogP contribution >= 0.6 is 11.6 Å². The molecule has 0 aliphatic heterocycles. The number of ketones is 1. The number of carbonyl (C=O) groups is 1. The van der Waals surface area contributed by atoms with Gasteiger partial charge in [0.2, 0.25) is 0 Å². The molecule has 1 aromatic rings. The van der Waals surface area contributed by atoms with Crippen LogP contribution in [0.5, 0.6) is 0 Å². The van der Waals surface area contributed by atoms with E-state index in [1.807, 2.05) is 14.0 Å². The Labute approximate surface area is 120 Å². The normalized spacial score (nSPS) is 20.6. The van der Waals surface area contributed by atoms with E-state index in [2.05, 4.69) is 32.8 Å². The monoisotopic (exact) mass is 282 g/mol. The fraction of sp³-hybridized carbons (Fsp3) is 0.733. The summed E-state index contributed by atoms with van der Waals surface area (Å²) in [4.78, 5) is 12.5. The second kappa shape index (κ2) is 4.34. The van der Waals surface area contributed by atoms with Gasteiger partial charge in [0, 0.05) is 13.0 Å². The molecule has 0 atom stereocenters. The van der Waals surface area contributed by atoms with Gasteiger partial charge in [0.05, 0.1) is 22.8 Å². The average molecular weight is 283 g/mol. The number of hydrogen-bond donors (Lipinski definition) is 0. The summed E-state index contributed by atoms with van der Waals surface area (Å²) in [6, 6.07) is 0. The number of aryl methyl sites for hydroxylation is 2. The number of rotatable bonds is 4. The zero-order valence-electron chi connectivity index (χ0n) is 12.7. The fourth-order valence-electron chi connectivity index (χ4n) is 3.28. The largest absolute Gasteiger partial charge is 0.299 e. The Morgan fingerprint density at radius 2 is 1.84 bits per heavy atom. The second-order valence-electron chi connectivity index (χ2n) is 6.70. The lowest BCUT2D eigenvalue weighted by atomic mass is 10.0. The smallest absolute Gasteiger partial charge is 0.143 e. The van der Waals surface area contributed by atoms with Crippen molar-refractivity contribution in [2.75, 3.05) is 0 Å². The molecule has 0 amide bonds. The van der Waals surface area contributed by atoms with E-state index in [-0.39, 0.29) is 22.5 Å². The summed E-state index contributed by atoms with van der Waals surface area (Å²) >= 11 is 6.31. The van der Waals surface area contributed by atoms with Crippen LogP contribution in [-0.2, 0) is 24.7 Å². The molecule has 2 rings (SSSR count). The number of carbonyl (C=O) groups excluding carboxylic acids is 1. The zero-order chi connectivity index (χ0) is 14.6. The first-order valence-corrected chi connectivity index (χ1v) is 7.25. The number of Topliss-reactive ketones (excluding diaryl/α,β-unsaturated/α-hetero) is 1. The van der Waals surface area contributed by atoms with Crippen LogP contribution < -0.4 is 0 Å². The van der Waals surface area contributed by atoms with E-state index in [4.69, 9.17) is 11.6 Å². The Bertz CT molecular complexity index is 514. The Kier molecular flexibility index (Phi) is 3.33. The molecule has 106 valence electrons. The van der Waals surface area contributed by atoms with Crippen LogP contribution in [0.3, 0.4) is 0 Å². The van der Waals surface area contributed by atoms with Crippen LogP contribution in [0.15, 0.2) is 0 Å². The van der Waals surface area contributed by atoms with Gasteiger partial charge in [0.1, 0.15) is 5.78 Å². The molecule has 4 heteroatoms. The molecule has 0 aromatic carbocycles. The zero-order valence-corrected chi connectivity index (χ0v) is 13.4. The van der Waals surface area contributed by atoms with Crippen molar-refractivity contribution < 1.29 is 4.79 Å². The number of halogens is 1. The maximum atomic E-state index is 12.5. The average Bonchev–Trinajstić information content (AvgIpc) is 2.56. The van der Waals surface area contributed by atoms with Gasteiger partial charge in [0.25, 0.3) is 0 Å². The minimum absolute atomic E-state index is 0.0861. The van der Waals surface area contributed by atoms with E-state index in [0.717, 1.165) is 17.8 Å². The highest BCUT2D eigenvalue weighted by atomic mass is 35.5. The third-order valence-corrected chi connectivity index (χ3v) is 5.62. The van der Waals surface area contributed by atoms with Crippen LogP contribution in [0.2, 0.25) is 5.02 Å². The molecule has 3 nitrogen and oxygen atoms in total. The molecule has 1 aliphatic rings. The van der Waals surface area contributed by atoms with Crippen LogP contribution in [-0.4, -0.2) is 15.6 Å². The first kappa shape index (κ1) is 14.6. The van der Waals surface area contributed by atoms with Crippen LogP contribution in [0.4, 0.5) is 0 Å². The van der Waals surface area contributed by atoms with Crippen LogP contribution in [0.25, 0.3) is 0 Å². The third kappa shape index (κ3) is 2.03. The number of aromatic nitrogens is 2. The summed E-state index contributed by atoms with van der Waals surface area (Å²) in [6.07, 6.45) is 1.18. The number of nitrogens with zero attached hydrogens (tertiary/aromatic N) is 2. The lowest BCUT2D eigenvalue weighted by molar-refractivity contribution is -0.120.